The van der Waals surface area contributed by atoms with E-state index in [9.17, 15) is 14.0 Å². The zero-order valence-electron chi connectivity index (χ0n) is 17.0. The molecule has 2 aromatic rings. The molecule has 0 bridgehead atoms. The minimum absolute atomic E-state index is 0.0698. The first-order valence-corrected chi connectivity index (χ1v) is 9.96. The summed E-state index contributed by atoms with van der Waals surface area (Å²) in [6, 6.07) is 16.1. The van der Waals surface area contributed by atoms with Crippen molar-refractivity contribution in [1.82, 2.24) is 15.1 Å². The van der Waals surface area contributed by atoms with Crippen molar-refractivity contribution >= 4 is 11.9 Å². The molecule has 0 unspecified atom stereocenters. The van der Waals surface area contributed by atoms with Gasteiger partial charge in [-0.25, -0.2) is 9.18 Å². The van der Waals surface area contributed by atoms with E-state index in [1.807, 2.05) is 18.2 Å². The van der Waals surface area contributed by atoms with Crippen LogP contribution < -0.4 is 5.32 Å². The summed E-state index contributed by atoms with van der Waals surface area (Å²) in [5, 5.41) is 3.02. The second-order valence-electron chi connectivity index (χ2n) is 8.24. The quantitative estimate of drug-likeness (QED) is 0.839. The smallest absolute Gasteiger partial charge is 0.317 e. The number of nitrogens with one attached hydrogen (secondary N) is 1. The summed E-state index contributed by atoms with van der Waals surface area (Å²) in [5.41, 5.74) is 1.25. The van der Waals surface area contributed by atoms with Crippen molar-refractivity contribution in [2.24, 2.45) is 5.41 Å². The topological polar surface area (TPSA) is 52.7 Å². The molecule has 0 saturated carbocycles. The Bertz CT molecular complexity index is 846. The normalized spacial score (nSPS) is 14.6. The van der Waals surface area contributed by atoms with Crippen LogP contribution >= 0.6 is 0 Å². The van der Waals surface area contributed by atoms with E-state index < -0.39 is 5.82 Å². The van der Waals surface area contributed by atoms with Gasteiger partial charge in [-0.2, -0.15) is 0 Å². The van der Waals surface area contributed by atoms with Crippen LogP contribution in [0.1, 0.15) is 29.8 Å². The third-order valence-electron chi connectivity index (χ3n) is 5.20. The summed E-state index contributed by atoms with van der Waals surface area (Å²) in [5.74, 6) is -0.842. The van der Waals surface area contributed by atoms with Gasteiger partial charge >= 0.3 is 6.03 Å². The molecule has 2 aromatic carbocycles. The highest BCUT2D eigenvalue weighted by molar-refractivity contribution is 5.94. The van der Waals surface area contributed by atoms with Crippen LogP contribution in [0.5, 0.6) is 0 Å². The molecule has 5 nitrogen and oxygen atoms in total. The zero-order chi connectivity index (χ0) is 20.9. The number of nitrogens with zero attached hydrogens (tertiary/aromatic N) is 2. The second-order valence-corrected chi connectivity index (χ2v) is 8.24. The van der Waals surface area contributed by atoms with E-state index in [1.165, 1.54) is 17.7 Å². The van der Waals surface area contributed by atoms with E-state index in [2.05, 4.69) is 31.3 Å². The van der Waals surface area contributed by atoms with Crippen molar-refractivity contribution in [3.63, 3.8) is 0 Å². The van der Waals surface area contributed by atoms with Crippen molar-refractivity contribution in [3.05, 3.63) is 71.5 Å². The molecule has 0 aliphatic carbocycles. The molecule has 1 fully saturated rings. The van der Waals surface area contributed by atoms with Crippen LogP contribution in [0.2, 0.25) is 0 Å². The van der Waals surface area contributed by atoms with Crippen molar-refractivity contribution < 1.29 is 14.0 Å². The summed E-state index contributed by atoms with van der Waals surface area (Å²) in [4.78, 5) is 28.4. The second kappa shape index (κ2) is 9.07. The molecule has 1 heterocycles. The fourth-order valence-electron chi connectivity index (χ4n) is 3.56. The number of piperazine rings is 1. The van der Waals surface area contributed by atoms with Crippen LogP contribution in [0.15, 0.2) is 54.6 Å². The Labute approximate surface area is 171 Å². The number of halogens is 1. The molecule has 3 rings (SSSR count). The van der Waals surface area contributed by atoms with E-state index in [1.54, 1.807) is 21.9 Å². The van der Waals surface area contributed by atoms with Gasteiger partial charge in [0, 0.05) is 32.7 Å². The van der Waals surface area contributed by atoms with Crippen LogP contribution in [-0.4, -0.2) is 54.5 Å². The largest absolute Gasteiger partial charge is 0.337 e. The summed E-state index contributed by atoms with van der Waals surface area (Å²) < 4.78 is 13.8. The van der Waals surface area contributed by atoms with Crippen molar-refractivity contribution in [2.45, 2.75) is 20.3 Å². The molecule has 6 heteroatoms. The highest BCUT2D eigenvalue weighted by Gasteiger charge is 2.27. The zero-order valence-corrected chi connectivity index (χ0v) is 17.0. The molecule has 0 radical (unpaired) electrons. The van der Waals surface area contributed by atoms with E-state index >= 15 is 0 Å². The molecule has 154 valence electrons. The van der Waals surface area contributed by atoms with E-state index in [0.717, 1.165) is 6.42 Å². The number of hydrogen-bond acceptors (Lipinski definition) is 2. The monoisotopic (exact) mass is 397 g/mol. The Hall–Kier alpha value is -2.89. The van der Waals surface area contributed by atoms with Gasteiger partial charge in [0.15, 0.2) is 0 Å². The van der Waals surface area contributed by atoms with E-state index in [4.69, 9.17) is 0 Å². The molecular weight excluding hydrogens is 369 g/mol. The van der Waals surface area contributed by atoms with E-state index in [0.29, 0.717) is 32.7 Å². The number of hydrogen-bond donors (Lipinski definition) is 1. The van der Waals surface area contributed by atoms with Gasteiger partial charge in [0.25, 0.3) is 5.91 Å². The number of rotatable bonds is 5. The molecule has 1 saturated heterocycles. The number of urea groups is 1. The maximum Gasteiger partial charge on any atom is 0.317 e. The van der Waals surface area contributed by atoms with Gasteiger partial charge in [-0.05, 0) is 29.5 Å². The maximum atomic E-state index is 13.8. The standard InChI is InChI=1S/C23H28FN3O2/c1-23(2,16-18-8-4-3-5-9-18)17-25-22(29)27-14-12-26(13-15-27)21(28)19-10-6-7-11-20(19)24/h3-11H,12-17H2,1-2H3,(H,25,29). The first-order valence-electron chi connectivity index (χ1n) is 9.96. The molecular formula is C23H28FN3O2. The Morgan fingerprint density at radius 2 is 1.52 bits per heavy atom. The van der Waals surface area contributed by atoms with Gasteiger partial charge in [0.1, 0.15) is 5.82 Å². The van der Waals surface area contributed by atoms with Gasteiger partial charge in [-0.1, -0.05) is 56.3 Å². The van der Waals surface area contributed by atoms with Gasteiger partial charge in [-0.3, -0.25) is 4.79 Å². The molecule has 0 spiro atoms. The number of benzene rings is 2. The summed E-state index contributed by atoms with van der Waals surface area (Å²) in [7, 11) is 0. The molecule has 1 N–H and O–H groups in total. The minimum Gasteiger partial charge on any atom is -0.337 e. The van der Waals surface area contributed by atoms with Crippen LogP contribution in [0.3, 0.4) is 0 Å². The Balaban J connectivity index is 1.47. The predicted octanol–water partition coefficient (Wildman–Crippen LogP) is 3.56. The van der Waals surface area contributed by atoms with Crippen LogP contribution in [0.25, 0.3) is 0 Å². The first kappa shape index (κ1) is 20.8. The minimum atomic E-state index is -0.515. The molecule has 29 heavy (non-hydrogen) atoms. The fraction of sp³-hybridized carbons (Fsp3) is 0.391. The van der Waals surface area contributed by atoms with Gasteiger partial charge in [0.05, 0.1) is 5.56 Å². The maximum absolute atomic E-state index is 13.8. The fourth-order valence-corrected chi connectivity index (χ4v) is 3.56. The lowest BCUT2D eigenvalue weighted by Crippen LogP contribution is -2.54. The number of carbonyl (C=O) groups excluding carboxylic acids is 2. The van der Waals surface area contributed by atoms with Crippen LogP contribution in [0, 0.1) is 11.2 Å². The molecule has 1 aliphatic heterocycles. The Morgan fingerprint density at radius 1 is 0.931 bits per heavy atom. The van der Waals surface area contributed by atoms with Gasteiger partial charge in [0.2, 0.25) is 0 Å². The molecule has 0 atom stereocenters. The van der Waals surface area contributed by atoms with Crippen molar-refractivity contribution in [3.8, 4) is 0 Å². The Kier molecular flexibility index (Phi) is 6.52. The highest BCUT2D eigenvalue weighted by atomic mass is 19.1. The number of carbonyl (C=O) groups is 2. The first-order chi connectivity index (χ1) is 13.9. The van der Waals surface area contributed by atoms with Crippen LogP contribution in [0.4, 0.5) is 9.18 Å². The predicted molar refractivity (Wildman–Crippen MR) is 111 cm³/mol. The molecule has 3 amide bonds. The average molecular weight is 397 g/mol. The lowest BCUT2D eigenvalue weighted by atomic mass is 9.86. The third-order valence-corrected chi connectivity index (χ3v) is 5.20. The lowest BCUT2D eigenvalue weighted by Gasteiger charge is -2.35. The van der Waals surface area contributed by atoms with Gasteiger partial charge in [-0.15, -0.1) is 0 Å². The summed E-state index contributed by atoms with van der Waals surface area (Å²) in [6.45, 7) is 6.49. The Morgan fingerprint density at radius 3 is 2.17 bits per heavy atom. The lowest BCUT2D eigenvalue weighted by molar-refractivity contribution is 0.0659. The van der Waals surface area contributed by atoms with Crippen molar-refractivity contribution in [2.75, 3.05) is 32.7 Å². The summed E-state index contributed by atoms with van der Waals surface area (Å²) >= 11 is 0. The third kappa shape index (κ3) is 5.56. The number of amides is 3. The van der Waals surface area contributed by atoms with Crippen LogP contribution in [-0.2, 0) is 6.42 Å². The molecule has 1 aliphatic rings. The molecule has 0 aromatic heterocycles. The SMILES string of the molecule is CC(C)(CNC(=O)N1CCN(C(=O)c2ccccc2F)CC1)Cc1ccccc1. The average Bonchev–Trinajstić information content (AvgIpc) is 2.72. The van der Waals surface area contributed by atoms with E-state index in [-0.39, 0.29) is 22.9 Å². The highest BCUT2D eigenvalue weighted by Crippen LogP contribution is 2.21. The summed E-state index contributed by atoms with van der Waals surface area (Å²) in [6.07, 6.45) is 0.874. The van der Waals surface area contributed by atoms with Gasteiger partial charge < -0.3 is 15.1 Å². The van der Waals surface area contributed by atoms with Crippen molar-refractivity contribution in [1.29, 1.82) is 0 Å².